The Labute approximate surface area is 358 Å². The zero-order chi connectivity index (χ0) is 43.6. The minimum Gasteiger partial charge on any atom is -0.465 e. The number of carboxylic acid groups (broad SMARTS) is 2. The fourth-order valence-corrected chi connectivity index (χ4v) is 10.2. The van der Waals surface area contributed by atoms with Gasteiger partial charge in [-0.05, 0) is 76.3 Å². The van der Waals surface area contributed by atoms with Crippen molar-refractivity contribution in [1.82, 2.24) is 34.3 Å². The lowest BCUT2D eigenvalue weighted by Gasteiger charge is -2.52. The Morgan fingerprint density at radius 1 is 0.689 bits per heavy atom. The van der Waals surface area contributed by atoms with Crippen LogP contribution in [-0.4, -0.2) is 69.8 Å². The summed E-state index contributed by atoms with van der Waals surface area (Å²) in [6.45, 7) is 20.6. The molecule has 61 heavy (non-hydrogen) atoms. The van der Waals surface area contributed by atoms with Gasteiger partial charge in [-0.1, -0.05) is 123 Å². The van der Waals surface area contributed by atoms with Crippen molar-refractivity contribution >= 4 is 12.2 Å². The third kappa shape index (κ3) is 7.31. The zero-order valence-corrected chi connectivity index (χ0v) is 36.9. The number of nitrogens with one attached hydrogen (secondary N) is 2. The summed E-state index contributed by atoms with van der Waals surface area (Å²) >= 11 is 0. The van der Waals surface area contributed by atoms with Crippen LogP contribution in [0.15, 0.2) is 97.5 Å². The summed E-state index contributed by atoms with van der Waals surface area (Å²) in [5, 5.41) is 20.2. The van der Waals surface area contributed by atoms with E-state index >= 15 is 0 Å². The largest absolute Gasteiger partial charge is 0.465 e. The number of H-pyrrole nitrogens is 2. The highest BCUT2D eigenvalue weighted by Gasteiger charge is 2.63. The molecule has 5 heterocycles. The van der Waals surface area contributed by atoms with Crippen LogP contribution in [-0.2, 0) is 11.0 Å². The van der Waals surface area contributed by atoms with E-state index in [1.54, 1.807) is 4.90 Å². The van der Waals surface area contributed by atoms with Crippen molar-refractivity contribution in [3.8, 4) is 50.6 Å². The molecule has 0 saturated carbocycles. The average Bonchev–Trinajstić information content (AvgIpc) is 4.05. The normalized spacial score (nSPS) is 19.8. The monoisotopic (exact) mass is 821 g/mol. The number of aromatic amines is 2. The molecule has 2 fully saturated rings. The molecule has 8 rings (SSSR count). The van der Waals surface area contributed by atoms with Crippen molar-refractivity contribution in [1.29, 1.82) is 0 Å². The van der Waals surface area contributed by atoms with Gasteiger partial charge in [0.05, 0.1) is 23.1 Å². The lowest BCUT2D eigenvalue weighted by atomic mass is 9.59. The first-order valence-corrected chi connectivity index (χ1v) is 21.4. The molecule has 3 atom stereocenters. The molecule has 6 aromatic rings. The summed E-state index contributed by atoms with van der Waals surface area (Å²) in [5.41, 5.74) is 8.59. The van der Waals surface area contributed by atoms with E-state index in [-0.39, 0.29) is 22.8 Å². The van der Waals surface area contributed by atoms with Crippen LogP contribution in [0.3, 0.4) is 0 Å². The number of imidazole rings is 2. The van der Waals surface area contributed by atoms with E-state index in [1.165, 1.54) is 10.5 Å². The van der Waals surface area contributed by atoms with Gasteiger partial charge in [0.25, 0.3) is 0 Å². The molecule has 3 aromatic carbocycles. The maximum atomic E-state index is 12.8. The van der Waals surface area contributed by atoms with Crippen LogP contribution in [0.1, 0.15) is 105 Å². The van der Waals surface area contributed by atoms with Crippen molar-refractivity contribution in [3.05, 3.63) is 115 Å². The van der Waals surface area contributed by atoms with E-state index in [0.29, 0.717) is 24.7 Å². The maximum Gasteiger partial charge on any atom is 0.408 e. The lowest BCUT2D eigenvalue weighted by molar-refractivity contribution is -0.0404. The highest BCUT2D eigenvalue weighted by atomic mass is 16.4. The Hall–Kier alpha value is -6.10. The molecule has 11 nitrogen and oxygen atoms in total. The maximum absolute atomic E-state index is 12.8. The highest BCUT2D eigenvalue weighted by molar-refractivity contribution is 5.84. The molecule has 2 aliphatic rings. The Bertz CT molecular complexity index is 2540. The number of nitrogens with zero attached hydrogens (tertiary/aromatic N) is 5. The average molecular weight is 822 g/mol. The smallest absolute Gasteiger partial charge is 0.408 e. The molecular formula is C50H59N7O4. The first kappa shape index (κ1) is 41.6. The molecule has 0 radical (unpaired) electrons. The standard InChI is InChI=1S/C50H59N7O4/c1-47(2,3)35-20-16-34(17-21-35)42-37(31-12-14-32(15-13-31)38-29-51-43(53-38)40-11-10-26-56(40)45(58)59)24-27-55(42)36-22-18-33(19-23-36)39-30-52-44(54-39)50(49(7,8)9)41(48(4,5)6)25-28-57(50)46(60)61/h12-24,27,29-30,40-41H,10-11,25-26,28H2,1-9H3,(H,51,53)(H,52,54)(H,58,59)(H,60,61)/t40-,41?,50+/m0/s1. The molecule has 1 unspecified atom stereocenters. The number of hydrogen-bond donors (Lipinski definition) is 4. The van der Waals surface area contributed by atoms with Gasteiger partial charge < -0.3 is 24.7 Å². The summed E-state index contributed by atoms with van der Waals surface area (Å²) < 4.78 is 2.23. The molecule has 2 saturated heterocycles. The van der Waals surface area contributed by atoms with Crippen LogP contribution in [0, 0.1) is 16.7 Å². The quantitative estimate of drug-likeness (QED) is 0.126. The fourth-order valence-electron chi connectivity index (χ4n) is 10.2. The molecule has 11 heteroatoms. The predicted molar refractivity (Wildman–Crippen MR) is 241 cm³/mol. The second-order valence-corrected chi connectivity index (χ2v) is 20.0. The minimum absolute atomic E-state index is 0.0147. The topological polar surface area (TPSA) is 143 Å². The molecule has 318 valence electrons. The van der Waals surface area contributed by atoms with Gasteiger partial charge >= 0.3 is 12.2 Å². The number of carbonyl (C=O) groups is 2. The summed E-state index contributed by atoms with van der Waals surface area (Å²) in [4.78, 5) is 44.5. The SMILES string of the molecule is CC(C)(C)c1ccc(-c2c(-c3ccc(-c4c[nH]c([C@@H]5CCCN5C(=O)O)n4)cc3)ccn2-c2ccc(-c3c[nH]c([C@@]4(C(C)(C)C)C(C(C)(C)C)CCN4C(=O)O)n3)cc2)cc1. The third-order valence-electron chi connectivity index (χ3n) is 13.2. The van der Waals surface area contributed by atoms with Gasteiger partial charge in [0.15, 0.2) is 0 Å². The zero-order valence-electron chi connectivity index (χ0n) is 36.9. The van der Waals surface area contributed by atoms with Crippen molar-refractivity contribution < 1.29 is 19.8 Å². The third-order valence-corrected chi connectivity index (χ3v) is 13.2. The highest BCUT2D eigenvalue weighted by Crippen LogP contribution is 2.59. The number of likely N-dealkylation sites (tertiary alicyclic amines) is 2. The molecule has 0 bridgehead atoms. The van der Waals surface area contributed by atoms with E-state index in [2.05, 4.69) is 162 Å². The Morgan fingerprint density at radius 3 is 1.87 bits per heavy atom. The number of amides is 2. The van der Waals surface area contributed by atoms with Gasteiger partial charge in [-0.2, -0.15) is 0 Å². The molecule has 2 amide bonds. The Balaban J connectivity index is 1.14. The van der Waals surface area contributed by atoms with Gasteiger partial charge in [0, 0.05) is 54.1 Å². The summed E-state index contributed by atoms with van der Waals surface area (Å²) in [7, 11) is 0. The number of benzene rings is 3. The lowest BCUT2D eigenvalue weighted by Crippen LogP contribution is -2.58. The van der Waals surface area contributed by atoms with Crippen LogP contribution < -0.4 is 0 Å². The molecule has 4 N–H and O–H groups in total. The van der Waals surface area contributed by atoms with Crippen molar-refractivity contribution in [3.63, 3.8) is 0 Å². The van der Waals surface area contributed by atoms with Gasteiger partial charge in [-0.15, -0.1) is 0 Å². The van der Waals surface area contributed by atoms with E-state index in [0.717, 1.165) is 69.8 Å². The fraction of sp³-hybridized carbons (Fsp3) is 0.400. The van der Waals surface area contributed by atoms with Gasteiger partial charge in [-0.25, -0.2) is 19.6 Å². The van der Waals surface area contributed by atoms with Crippen LogP contribution in [0.25, 0.3) is 50.6 Å². The van der Waals surface area contributed by atoms with E-state index in [4.69, 9.17) is 9.97 Å². The molecule has 0 aliphatic carbocycles. The Kier molecular flexibility index (Phi) is 10.3. The second-order valence-electron chi connectivity index (χ2n) is 20.0. The van der Waals surface area contributed by atoms with Crippen LogP contribution in [0.2, 0.25) is 0 Å². The molecular weight excluding hydrogens is 763 g/mol. The molecule has 3 aromatic heterocycles. The van der Waals surface area contributed by atoms with Crippen molar-refractivity contribution in [2.45, 2.75) is 98.6 Å². The molecule has 0 spiro atoms. The van der Waals surface area contributed by atoms with E-state index < -0.39 is 23.1 Å². The van der Waals surface area contributed by atoms with Crippen molar-refractivity contribution in [2.75, 3.05) is 13.1 Å². The predicted octanol–water partition coefficient (Wildman–Crippen LogP) is 12.0. The van der Waals surface area contributed by atoms with Gasteiger partial charge in [-0.3, -0.25) is 9.80 Å². The van der Waals surface area contributed by atoms with Crippen molar-refractivity contribution in [2.24, 2.45) is 16.7 Å². The summed E-state index contributed by atoms with van der Waals surface area (Å²) in [5.74, 6) is 1.42. The Morgan fingerprint density at radius 2 is 1.28 bits per heavy atom. The summed E-state index contributed by atoms with van der Waals surface area (Å²) in [6, 6.07) is 27.6. The number of aromatic nitrogens is 5. The van der Waals surface area contributed by atoms with Crippen LogP contribution >= 0.6 is 0 Å². The summed E-state index contributed by atoms with van der Waals surface area (Å²) in [6.07, 6.45) is 6.40. The van der Waals surface area contributed by atoms with Crippen LogP contribution in [0.5, 0.6) is 0 Å². The minimum atomic E-state index is -0.920. The second kappa shape index (κ2) is 15.1. The van der Waals surface area contributed by atoms with Gasteiger partial charge in [0.2, 0.25) is 0 Å². The van der Waals surface area contributed by atoms with Gasteiger partial charge in [0.1, 0.15) is 17.2 Å². The number of hydrogen-bond acceptors (Lipinski definition) is 4. The van der Waals surface area contributed by atoms with Crippen LogP contribution in [0.4, 0.5) is 9.59 Å². The molecule has 2 aliphatic heterocycles. The first-order chi connectivity index (χ1) is 28.8. The number of rotatable bonds is 7. The van der Waals surface area contributed by atoms with E-state index in [1.807, 2.05) is 12.4 Å². The first-order valence-electron chi connectivity index (χ1n) is 21.4. The van der Waals surface area contributed by atoms with E-state index in [9.17, 15) is 19.8 Å².